The van der Waals surface area contributed by atoms with Crippen molar-refractivity contribution in [3.63, 3.8) is 0 Å². The van der Waals surface area contributed by atoms with Gasteiger partial charge >= 0.3 is 0 Å². The number of fused-ring (bicyclic) bond motifs is 1. The van der Waals surface area contributed by atoms with Crippen molar-refractivity contribution in [2.24, 2.45) is 0 Å². The fourth-order valence-electron chi connectivity index (χ4n) is 2.79. The average molecular weight is 271 g/mol. The van der Waals surface area contributed by atoms with Gasteiger partial charge in [0.05, 0.1) is 0 Å². The van der Waals surface area contributed by atoms with Crippen LogP contribution in [0.5, 0.6) is 0 Å². The molecule has 0 radical (unpaired) electrons. The molecule has 4 nitrogen and oxygen atoms in total. The van der Waals surface area contributed by atoms with Crippen LogP contribution >= 0.6 is 0 Å². The maximum Gasteiger partial charge on any atom is 0.270 e. The van der Waals surface area contributed by atoms with E-state index in [4.69, 9.17) is 0 Å². The van der Waals surface area contributed by atoms with Gasteiger partial charge in [-0.2, -0.15) is 0 Å². The van der Waals surface area contributed by atoms with Gasteiger partial charge in [0.2, 0.25) is 0 Å². The molecule has 0 saturated carbocycles. The number of rotatable bonds is 4. The number of nitrogens with zero attached hydrogens (tertiary/aromatic N) is 2. The zero-order chi connectivity index (χ0) is 13.9. The number of para-hydroxylation sites is 1. The van der Waals surface area contributed by atoms with E-state index < -0.39 is 0 Å². The maximum absolute atomic E-state index is 12.4. The lowest BCUT2D eigenvalue weighted by Gasteiger charge is -2.21. The van der Waals surface area contributed by atoms with Gasteiger partial charge in [0.25, 0.3) is 5.91 Å². The summed E-state index contributed by atoms with van der Waals surface area (Å²) in [7, 11) is 1.88. The second kappa shape index (κ2) is 5.67. The molecule has 2 aromatic rings. The van der Waals surface area contributed by atoms with E-state index in [1.165, 1.54) is 25.9 Å². The normalized spacial score (nSPS) is 15.8. The van der Waals surface area contributed by atoms with Crippen LogP contribution in [0.1, 0.15) is 23.3 Å². The van der Waals surface area contributed by atoms with Crippen molar-refractivity contribution in [2.45, 2.75) is 12.8 Å². The Bertz CT molecular complexity index is 566. The Kier molecular flexibility index (Phi) is 3.74. The van der Waals surface area contributed by atoms with Gasteiger partial charge in [-0.15, -0.1) is 0 Å². The van der Waals surface area contributed by atoms with Crippen LogP contribution in [0.25, 0.3) is 10.9 Å². The molecular formula is C16H21N3O. The summed E-state index contributed by atoms with van der Waals surface area (Å²) in [6.07, 6.45) is 2.58. The van der Waals surface area contributed by atoms with Gasteiger partial charge in [0.15, 0.2) is 0 Å². The molecule has 1 aliphatic heterocycles. The van der Waals surface area contributed by atoms with E-state index in [1.807, 2.05) is 42.3 Å². The molecule has 0 bridgehead atoms. The highest BCUT2D eigenvalue weighted by molar-refractivity contribution is 5.97. The highest BCUT2D eigenvalue weighted by atomic mass is 16.2. The minimum Gasteiger partial charge on any atom is -0.351 e. The predicted octanol–water partition coefficient (Wildman–Crippen LogP) is 2.34. The molecule has 1 amide bonds. The number of benzene rings is 1. The third-order valence-electron chi connectivity index (χ3n) is 4.06. The summed E-state index contributed by atoms with van der Waals surface area (Å²) in [5.74, 6) is 0.0698. The van der Waals surface area contributed by atoms with E-state index in [0.29, 0.717) is 5.69 Å². The molecule has 0 aliphatic carbocycles. The van der Waals surface area contributed by atoms with Gasteiger partial charge in [0, 0.05) is 31.0 Å². The summed E-state index contributed by atoms with van der Waals surface area (Å²) in [5, 5.41) is 1.09. The first kappa shape index (κ1) is 13.2. The topological polar surface area (TPSA) is 39.3 Å². The van der Waals surface area contributed by atoms with Crippen LogP contribution < -0.4 is 0 Å². The van der Waals surface area contributed by atoms with Crippen LogP contribution in [0.3, 0.4) is 0 Å². The largest absolute Gasteiger partial charge is 0.351 e. The molecule has 1 aromatic heterocycles. The Morgan fingerprint density at radius 1 is 1.30 bits per heavy atom. The summed E-state index contributed by atoms with van der Waals surface area (Å²) >= 11 is 0. The summed E-state index contributed by atoms with van der Waals surface area (Å²) in [6.45, 7) is 4.11. The van der Waals surface area contributed by atoms with Crippen LogP contribution in [0.2, 0.25) is 0 Å². The van der Waals surface area contributed by atoms with Gasteiger partial charge in [-0.25, -0.2) is 0 Å². The number of aromatic amines is 1. The molecule has 1 fully saturated rings. The standard InChI is InChI=1S/C16H21N3O/c1-18(10-11-19-8-4-5-9-19)16(20)15-12-13-6-2-3-7-14(13)17-15/h2-3,6-7,12,17H,4-5,8-11H2,1H3. The van der Waals surface area contributed by atoms with Gasteiger partial charge in [0.1, 0.15) is 5.69 Å². The lowest BCUT2D eigenvalue weighted by Crippen LogP contribution is -2.35. The van der Waals surface area contributed by atoms with Crippen LogP contribution in [0.4, 0.5) is 0 Å². The number of likely N-dealkylation sites (tertiary alicyclic amines) is 1. The second-order valence-electron chi connectivity index (χ2n) is 5.55. The lowest BCUT2D eigenvalue weighted by molar-refractivity contribution is 0.0777. The van der Waals surface area contributed by atoms with E-state index in [1.54, 1.807) is 0 Å². The van der Waals surface area contributed by atoms with E-state index in [2.05, 4.69) is 9.88 Å². The lowest BCUT2D eigenvalue weighted by atomic mass is 10.2. The molecule has 3 rings (SSSR count). The molecule has 106 valence electrons. The smallest absolute Gasteiger partial charge is 0.270 e. The number of carbonyl (C=O) groups excluding carboxylic acids is 1. The summed E-state index contributed by atoms with van der Waals surface area (Å²) < 4.78 is 0. The van der Waals surface area contributed by atoms with Gasteiger partial charge in [-0.1, -0.05) is 18.2 Å². The minimum atomic E-state index is 0.0698. The maximum atomic E-state index is 12.4. The molecule has 20 heavy (non-hydrogen) atoms. The third kappa shape index (κ3) is 2.70. The minimum absolute atomic E-state index is 0.0698. The first-order chi connectivity index (χ1) is 9.74. The molecule has 4 heteroatoms. The molecule has 1 aromatic carbocycles. The fourth-order valence-corrected chi connectivity index (χ4v) is 2.79. The van der Waals surface area contributed by atoms with Gasteiger partial charge in [-0.3, -0.25) is 4.79 Å². The average Bonchev–Trinajstić information content (AvgIpc) is 3.12. The Balaban J connectivity index is 1.64. The van der Waals surface area contributed by atoms with Gasteiger partial charge in [-0.05, 0) is 38.1 Å². The van der Waals surface area contributed by atoms with E-state index in [9.17, 15) is 4.79 Å². The first-order valence-electron chi connectivity index (χ1n) is 7.29. The number of hydrogen-bond acceptors (Lipinski definition) is 2. The molecule has 1 N–H and O–H groups in total. The predicted molar refractivity (Wildman–Crippen MR) is 80.9 cm³/mol. The zero-order valence-electron chi connectivity index (χ0n) is 11.9. The molecule has 0 spiro atoms. The number of carbonyl (C=O) groups is 1. The first-order valence-corrected chi connectivity index (χ1v) is 7.29. The van der Waals surface area contributed by atoms with Crippen molar-refractivity contribution in [3.05, 3.63) is 36.0 Å². The quantitative estimate of drug-likeness (QED) is 0.927. The van der Waals surface area contributed by atoms with Crippen LogP contribution in [-0.4, -0.2) is 53.9 Å². The Hall–Kier alpha value is -1.81. The monoisotopic (exact) mass is 271 g/mol. The van der Waals surface area contributed by atoms with E-state index >= 15 is 0 Å². The number of amides is 1. The molecule has 0 atom stereocenters. The molecular weight excluding hydrogens is 250 g/mol. The van der Waals surface area contributed by atoms with Crippen molar-refractivity contribution in [1.29, 1.82) is 0 Å². The number of H-pyrrole nitrogens is 1. The number of aromatic nitrogens is 1. The van der Waals surface area contributed by atoms with Crippen molar-refractivity contribution in [1.82, 2.24) is 14.8 Å². The van der Waals surface area contributed by atoms with Crippen molar-refractivity contribution in [2.75, 3.05) is 33.2 Å². The summed E-state index contributed by atoms with van der Waals surface area (Å²) in [5.41, 5.74) is 1.69. The SMILES string of the molecule is CN(CCN1CCCC1)C(=O)c1cc2ccccc2[nH]1. The zero-order valence-corrected chi connectivity index (χ0v) is 11.9. The van der Waals surface area contributed by atoms with Crippen molar-refractivity contribution >= 4 is 16.8 Å². The number of nitrogens with one attached hydrogen (secondary N) is 1. The van der Waals surface area contributed by atoms with Gasteiger partial charge < -0.3 is 14.8 Å². The second-order valence-corrected chi connectivity index (χ2v) is 5.55. The highest BCUT2D eigenvalue weighted by Crippen LogP contribution is 2.15. The van der Waals surface area contributed by atoms with Crippen molar-refractivity contribution in [3.8, 4) is 0 Å². The Labute approximate surface area is 119 Å². The Morgan fingerprint density at radius 2 is 2.05 bits per heavy atom. The third-order valence-corrected chi connectivity index (χ3v) is 4.06. The van der Waals surface area contributed by atoms with Crippen LogP contribution in [0.15, 0.2) is 30.3 Å². The van der Waals surface area contributed by atoms with E-state index in [-0.39, 0.29) is 5.91 Å². The van der Waals surface area contributed by atoms with E-state index in [0.717, 1.165) is 24.0 Å². The molecule has 1 saturated heterocycles. The van der Waals surface area contributed by atoms with Crippen molar-refractivity contribution < 1.29 is 4.79 Å². The number of likely N-dealkylation sites (N-methyl/N-ethyl adjacent to an activating group) is 1. The highest BCUT2D eigenvalue weighted by Gasteiger charge is 2.16. The van der Waals surface area contributed by atoms with Crippen LogP contribution in [0, 0.1) is 0 Å². The summed E-state index contributed by atoms with van der Waals surface area (Å²) in [6, 6.07) is 9.92. The molecule has 1 aliphatic rings. The fraction of sp³-hybridized carbons (Fsp3) is 0.438. The molecule has 2 heterocycles. The number of hydrogen-bond donors (Lipinski definition) is 1. The van der Waals surface area contributed by atoms with Crippen LogP contribution in [-0.2, 0) is 0 Å². The summed E-state index contributed by atoms with van der Waals surface area (Å²) in [4.78, 5) is 19.8. The molecule has 0 unspecified atom stereocenters. The Morgan fingerprint density at radius 3 is 2.80 bits per heavy atom.